The van der Waals surface area contributed by atoms with Gasteiger partial charge in [-0.3, -0.25) is 37.3 Å². The normalized spacial score (nSPS) is 14.2. The molecule has 17 nitrogen and oxygen atoms in total. The lowest BCUT2D eigenvalue weighted by atomic mass is 9.99. The van der Waals surface area contributed by atoms with Crippen molar-refractivity contribution in [1.82, 2.24) is 0 Å². The first-order valence-corrected chi connectivity index (χ1v) is 44.9. The molecule has 0 saturated carbocycles. The lowest BCUT2D eigenvalue weighted by Gasteiger charge is -2.21. The third kappa shape index (κ3) is 73.0. The zero-order valence-electron chi connectivity index (χ0n) is 65.7. The molecule has 0 saturated heterocycles. The van der Waals surface area contributed by atoms with Crippen LogP contribution in [-0.4, -0.2) is 96.7 Å². The van der Waals surface area contributed by atoms with Gasteiger partial charge in [0.05, 0.1) is 26.4 Å². The first-order chi connectivity index (χ1) is 48.3. The number of carbonyl (C=O) groups is 4. The maximum atomic E-state index is 13.1. The highest BCUT2D eigenvalue weighted by atomic mass is 31.2. The monoisotopic (exact) mass is 1470 g/mol. The first kappa shape index (κ1) is 98.1. The van der Waals surface area contributed by atoms with Crippen molar-refractivity contribution in [3.63, 3.8) is 0 Å². The fourth-order valence-corrected chi connectivity index (χ4v) is 14.0. The summed E-state index contributed by atoms with van der Waals surface area (Å²) in [5, 5.41) is 10.7. The van der Waals surface area contributed by atoms with Gasteiger partial charge in [-0.1, -0.05) is 370 Å². The van der Waals surface area contributed by atoms with Crippen molar-refractivity contribution in [1.29, 1.82) is 0 Å². The third-order valence-corrected chi connectivity index (χ3v) is 21.1. The van der Waals surface area contributed by atoms with E-state index in [1.165, 1.54) is 231 Å². The second-order valence-corrected chi connectivity index (χ2v) is 33.3. The first-order valence-electron chi connectivity index (χ1n) is 41.9. The van der Waals surface area contributed by atoms with E-state index < -0.39 is 97.5 Å². The van der Waals surface area contributed by atoms with Crippen LogP contribution in [0.25, 0.3) is 0 Å². The van der Waals surface area contributed by atoms with Crippen LogP contribution in [0.3, 0.4) is 0 Å². The highest BCUT2D eigenvalue weighted by Gasteiger charge is 2.30. The van der Waals surface area contributed by atoms with E-state index in [2.05, 4.69) is 48.5 Å². The molecule has 0 radical (unpaired) electrons. The lowest BCUT2D eigenvalue weighted by molar-refractivity contribution is -0.161. The average molecular weight is 1470 g/mol. The molecule has 0 heterocycles. The van der Waals surface area contributed by atoms with Gasteiger partial charge in [0.15, 0.2) is 12.2 Å². The van der Waals surface area contributed by atoms with E-state index in [9.17, 15) is 43.2 Å². The van der Waals surface area contributed by atoms with Crippen LogP contribution in [0.4, 0.5) is 0 Å². The molecule has 0 aromatic carbocycles. The van der Waals surface area contributed by atoms with E-state index in [0.29, 0.717) is 25.7 Å². The molecule has 3 N–H and O–H groups in total. The smallest absolute Gasteiger partial charge is 0.462 e. The molecular formula is C81H158O17P2. The molecule has 0 aliphatic carbocycles. The summed E-state index contributed by atoms with van der Waals surface area (Å²) in [6.45, 7) is 12.0. The molecule has 100 heavy (non-hydrogen) atoms. The summed E-state index contributed by atoms with van der Waals surface area (Å²) in [6, 6.07) is 0. The Balaban J connectivity index is 5.28. The van der Waals surface area contributed by atoms with Crippen LogP contribution < -0.4 is 0 Å². The van der Waals surface area contributed by atoms with Crippen molar-refractivity contribution >= 4 is 39.5 Å². The summed E-state index contributed by atoms with van der Waals surface area (Å²) in [4.78, 5) is 73.1. The molecule has 0 aromatic heterocycles. The zero-order valence-corrected chi connectivity index (χ0v) is 67.5. The molecule has 0 rings (SSSR count). The number of hydrogen-bond acceptors (Lipinski definition) is 15. The molecule has 0 aliphatic rings. The second kappa shape index (κ2) is 71.3. The molecule has 0 spiro atoms. The predicted molar refractivity (Wildman–Crippen MR) is 409 cm³/mol. The van der Waals surface area contributed by atoms with Gasteiger partial charge in [0.1, 0.15) is 19.3 Å². The van der Waals surface area contributed by atoms with Crippen LogP contribution in [0.2, 0.25) is 0 Å². The molecule has 0 fully saturated rings. The van der Waals surface area contributed by atoms with Gasteiger partial charge in [-0.2, -0.15) is 0 Å². The lowest BCUT2D eigenvalue weighted by Crippen LogP contribution is -2.30. The summed E-state index contributed by atoms with van der Waals surface area (Å²) in [7, 11) is -9.92. The summed E-state index contributed by atoms with van der Waals surface area (Å²) in [6.07, 6.45) is 59.5. The minimum Gasteiger partial charge on any atom is -0.462 e. The van der Waals surface area contributed by atoms with Crippen molar-refractivity contribution in [3.8, 4) is 0 Å². The average Bonchev–Trinajstić information content (AvgIpc) is 0.937. The van der Waals surface area contributed by atoms with E-state index in [4.69, 9.17) is 37.0 Å². The Morgan fingerprint density at radius 3 is 0.760 bits per heavy atom. The number of rotatable bonds is 79. The van der Waals surface area contributed by atoms with Crippen LogP contribution in [0, 0.1) is 17.8 Å². The number of aliphatic hydroxyl groups is 1. The summed E-state index contributed by atoms with van der Waals surface area (Å²) < 4.78 is 68.8. The molecule has 0 aromatic rings. The van der Waals surface area contributed by atoms with Gasteiger partial charge in [0.2, 0.25) is 0 Å². The van der Waals surface area contributed by atoms with Gasteiger partial charge in [0, 0.05) is 25.7 Å². The highest BCUT2D eigenvalue weighted by Crippen LogP contribution is 2.45. The Labute approximate surface area is 613 Å². The second-order valence-electron chi connectivity index (χ2n) is 30.4. The number of unbranched alkanes of at least 4 members (excludes halogenated alkanes) is 46. The van der Waals surface area contributed by atoms with Crippen molar-refractivity contribution < 1.29 is 80.2 Å². The van der Waals surface area contributed by atoms with Crippen molar-refractivity contribution in [3.05, 3.63) is 0 Å². The zero-order chi connectivity index (χ0) is 73.7. The highest BCUT2D eigenvalue weighted by molar-refractivity contribution is 7.47. The minimum absolute atomic E-state index is 0.106. The van der Waals surface area contributed by atoms with Gasteiger partial charge >= 0.3 is 39.5 Å². The van der Waals surface area contributed by atoms with Crippen LogP contribution >= 0.6 is 15.6 Å². The fourth-order valence-electron chi connectivity index (χ4n) is 12.5. The summed E-state index contributed by atoms with van der Waals surface area (Å²) in [5.41, 5.74) is 0. The number of ether oxygens (including phenoxy) is 4. The fraction of sp³-hybridized carbons (Fsp3) is 0.951. The number of phosphoric ester groups is 2. The Bertz CT molecular complexity index is 1940. The topological polar surface area (TPSA) is 237 Å². The molecule has 6 atom stereocenters. The maximum absolute atomic E-state index is 13.1. The molecule has 0 bridgehead atoms. The summed E-state index contributed by atoms with van der Waals surface area (Å²) >= 11 is 0. The quantitative estimate of drug-likeness (QED) is 0.0222. The van der Waals surface area contributed by atoms with E-state index in [1.54, 1.807) is 0 Å². The Hall–Kier alpha value is -1.94. The van der Waals surface area contributed by atoms with Crippen LogP contribution in [0.5, 0.6) is 0 Å². The van der Waals surface area contributed by atoms with Crippen LogP contribution in [0.1, 0.15) is 421 Å². The number of phosphoric acid groups is 2. The van der Waals surface area contributed by atoms with E-state index >= 15 is 0 Å². The number of hydrogen-bond donors (Lipinski definition) is 3. The number of esters is 4. The Kier molecular flexibility index (Phi) is 69.9. The van der Waals surface area contributed by atoms with Gasteiger partial charge in [-0.15, -0.1) is 0 Å². The molecule has 3 unspecified atom stereocenters. The van der Waals surface area contributed by atoms with Crippen LogP contribution in [0.15, 0.2) is 0 Å². The van der Waals surface area contributed by atoms with Crippen molar-refractivity contribution in [2.24, 2.45) is 17.8 Å². The van der Waals surface area contributed by atoms with Gasteiger partial charge < -0.3 is 33.8 Å². The van der Waals surface area contributed by atoms with Gasteiger partial charge in [-0.05, 0) is 43.4 Å². The van der Waals surface area contributed by atoms with Gasteiger partial charge in [-0.25, -0.2) is 9.13 Å². The predicted octanol–water partition coefficient (Wildman–Crippen LogP) is 24.1. The van der Waals surface area contributed by atoms with Crippen LogP contribution in [-0.2, 0) is 65.4 Å². The molecule has 19 heteroatoms. The number of aliphatic hydroxyl groups excluding tert-OH is 1. The Morgan fingerprint density at radius 2 is 0.510 bits per heavy atom. The van der Waals surface area contributed by atoms with E-state index in [1.807, 2.05) is 0 Å². The SMILES string of the molecule is CCCCCCCCCCCCCCCCCCCC(=O)O[C@H](COC(=O)CCCCCCCCCCCCCCCC(C)C)COP(=O)(O)OC[C@@H](O)COP(=O)(O)OC[C@@H](COC(=O)CCCCCCCCCCCCC(C)C)OC(=O)CCCCCCCCCCCCC(C)CC. The molecule has 0 amide bonds. The standard InChI is InChI=1S/C81H158O17P2/c1-8-10-11-12-13-14-15-16-17-18-19-22-26-36-43-50-57-64-80(85)97-76(68-91-78(83)62-55-48-41-34-25-23-20-21-24-31-38-45-52-59-72(3)4)70-95-99(87,88)93-66-75(82)67-94-100(89,90)96-71-77(69-92-79(84)63-56-49-42-35-29-27-32-39-46-53-60-73(5)6)98-81(86)65-58-51-44-37-30-28-33-40-47-54-61-74(7)9-2/h72-77,82H,8-71H2,1-7H3,(H,87,88)(H,89,90)/t74?,75-,76-,77-/m1/s1. The van der Waals surface area contributed by atoms with E-state index in [-0.39, 0.29) is 25.7 Å². The molecular weight excluding hydrogens is 1310 g/mol. The number of carbonyl (C=O) groups excluding carboxylic acids is 4. The maximum Gasteiger partial charge on any atom is 0.472 e. The Morgan fingerprint density at radius 1 is 0.290 bits per heavy atom. The van der Waals surface area contributed by atoms with Crippen molar-refractivity contribution in [2.45, 2.75) is 439 Å². The van der Waals surface area contributed by atoms with Crippen molar-refractivity contribution in [2.75, 3.05) is 39.6 Å². The molecule has 594 valence electrons. The van der Waals surface area contributed by atoms with Gasteiger partial charge in [0.25, 0.3) is 0 Å². The largest absolute Gasteiger partial charge is 0.472 e. The third-order valence-electron chi connectivity index (χ3n) is 19.2. The van der Waals surface area contributed by atoms with E-state index in [0.717, 1.165) is 108 Å². The summed E-state index contributed by atoms with van der Waals surface area (Å²) in [5.74, 6) is 0.243. The molecule has 0 aliphatic heterocycles. The minimum atomic E-state index is -4.96.